The summed E-state index contributed by atoms with van der Waals surface area (Å²) in [5, 5.41) is 3.16. The molecule has 1 aliphatic rings. The van der Waals surface area contributed by atoms with Crippen LogP contribution in [0.1, 0.15) is 49.2 Å². The number of ether oxygens (including phenoxy) is 1. The number of hydrogen-bond acceptors (Lipinski definition) is 7. The third kappa shape index (κ3) is 6.89. The van der Waals surface area contributed by atoms with Gasteiger partial charge in [-0.25, -0.2) is 9.37 Å². The van der Waals surface area contributed by atoms with Crippen molar-refractivity contribution < 1.29 is 13.9 Å². The molecule has 0 spiro atoms. The van der Waals surface area contributed by atoms with Crippen molar-refractivity contribution in [2.45, 2.75) is 52.8 Å². The van der Waals surface area contributed by atoms with Gasteiger partial charge in [0.2, 0.25) is 5.95 Å². The molecule has 7 nitrogen and oxygen atoms in total. The number of esters is 1. The number of anilines is 3. The second-order valence-electron chi connectivity index (χ2n) is 9.27. The van der Waals surface area contributed by atoms with E-state index in [9.17, 15) is 9.18 Å². The second kappa shape index (κ2) is 13.0. The molecule has 3 aromatic rings. The SMILES string of the molecule is Cc1c(COC(=O)[C@@H](N)C(C)C)nc(Nc2ccc(F)cc2)nc1N1CCc2ccccc2C1C.Cl.Cl. The maximum absolute atomic E-state index is 13.4. The molecule has 2 atom stereocenters. The Kier molecular flexibility index (Phi) is 10.7. The molecule has 2 heterocycles. The fraction of sp³-hybridized carbons (Fsp3) is 0.370. The molecule has 0 aliphatic carbocycles. The monoisotopic (exact) mass is 549 g/mol. The zero-order valence-corrected chi connectivity index (χ0v) is 23.0. The number of fused-ring (bicyclic) bond motifs is 1. The summed E-state index contributed by atoms with van der Waals surface area (Å²) in [4.78, 5) is 24.1. The van der Waals surface area contributed by atoms with Gasteiger partial charge in [-0.15, -0.1) is 24.8 Å². The molecule has 10 heteroatoms. The number of carbonyl (C=O) groups is 1. The van der Waals surface area contributed by atoms with Crippen LogP contribution in [0, 0.1) is 18.7 Å². The van der Waals surface area contributed by atoms with E-state index in [1.54, 1.807) is 12.1 Å². The quantitative estimate of drug-likeness (QED) is 0.367. The van der Waals surface area contributed by atoms with Gasteiger partial charge in [-0.1, -0.05) is 38.1 Å². The van der Waals surface area contributed by atoms with Crippen LogP contribution in [0.4, 0.5) is 21.8 Å². The minimum Gasteiger partial charge on any atom is -0.458 e. The summed E-state index contributed by atoms with van der Waals surface area (Å²) in [6.07, 6.45) is 0.901. The highest BCUT2D eigenvalue weighted by molar-refractivity contribution is 5.85. The van der Waals surface area contributed by atoms with Crippen LogP contribution < -0.4 is 16.0 Å². The average Bonchev–Trinajstić information content (AvgIpc) is 2.85. The standard InChI is InChI=1S/C27H32FN5O2.2ClH/c1-16(2)24(29)26(34)35-15-23-17(3)25(32-27(31-23)30-21-11-9-20(28)10-12-21)33-14-13-19-7-5-6-8-22(19)18(33)4;;/h5-12,16,18,24H,13-15,29H2,1-4H3,(H,30,31,32);2*1H/t18?,24-;;/m0../s1. The highest BCUT2D eigenvalue weighted by Crippen LogP contribution is 2.35. The van der Waals surface area contributed by atoms with Crippen molar-refractivity contribution in [3.05, 3.63) is 76.7 Å². The zero-order chi connectivity index (χ0) is 25.1. The molecule has 0 fully saturated rings. The molecule has 0 radical (unpaired) electrons. The van der Waals surface area contributed by atoms with Crippen molar-refractivity contribution in [1.82, 2.24) is 9.97 Å². The topological polar surface area (TPSA) is 93.4 Å². The lowest BCUT2D eigenvalue weighted by atomic mass is 9.93. The van der Waals surface area contributed by atoms with Gasteiger partial charge >= 0.3 is 5.97 Å². The summed E-state index contributed by atoms with van der Waals surface area (Å²) in [5.74, 6) is 0.298. The Balaban J connectivity index is 0.00000241. The molecule has 1 aliphatic heterocycles. The third-order valence-corrected chi connectivity index (χ3v) is 6.53. The second-order valence-corrected chi connectivity index (χ2v) is 9.27. The smallest absolute Gasteiger partial charge is 0.323 e. The lowest BCUT2D eigenvalue weighted by Crippen LogP contribution is -2.37. The van der Waals surface area contributed by atoms with Crippen molar-refractivity contribution in [3.63, 3.8) is 0 Å². The number of nitrogens with one attached hydrogen (secondary N) is 1. The van der Waals surface area contributed by atoms with E-state index >= 15 is 0 Å². The number of hydrogen-bond donors (Lipinski definition) is 2. The molecular weight excluding hydrogens is 516 g/mol. The predicted molar refractivity (Wildman–Crippen MR) is 149 cm³/mol. The normalized spacial score (nSPS) is 15.2. The van der Waals surface area contributed by atoms with Crippen LogP contribution in [-0.2, 0) is 22.6 Å². The molecule has 3 N–H and O–H groups in total. The Bertz CT molecular complexity index is 1210. The molecule has 0 bridgehead atoms. The minimum absolute atomic E-state index is 0. The van der Waals surface area contributed by atoms with E-state index in [2.05, 4.69) is 46.4 Å². The van der Waals surface area contributed by atoms with E-state index in [1.807, 2.05) is 20.8 Å². The largest absolute Gasteiger partial charge is 0.458 e. The molecule has 37 heavy (non-hydrogen) atoms. The first-order valence-electron chi connectivity index (χ1n) is 11.9. The molecule has 200 valence electrons. The highest BCUT2D eigenvalue weighted by Gasteiger charge is 2.28. The summed E-state index contributed by atoms with van der Waals surface area (Å²) >= 11 is 0. The van der Waals surface area contributed by atoms with E-state index in [0.717, 1.165) is 24.3 Å². The first kappa shape index (κ1) is 30.3. The van der Waals surface area contributed by atoms with Crippen LogP contribution in [0.25, 0.3) is 0 Å². The Morgan fingerprint density at radius 3 is 2.51 bits per heavy atom. The lowest BCUT2D eigenvalue weighted by molar-refractivity contribution is -0.147. The summed E-state index contributed by atoms with van der Waals surface area (Å²) in [7, 11) is 0. The molecule has 2 aromatic carbocycles. The van der Waals surface area contributed by atoms with Crippen molar-refractivity contribution in [1.29, 1.82) is 0 Å². The molecule has 0 saturated heterocycles. The number of halogens is 3. The molecule has 0 amide bonds. The van der Waals surface area contributed by atoms with Crippen LogP contribution in [0.15, 0.2) is 48.5 Å². The maximum atomic E-state index is 13.4. The van der Waals surface area contributed by atoms with Gasteiger partial charge in [0.05, 0.1) is 11.7 Å². The highest BCUT2D eigenvalue weighted by atomic mass is 35.5. The summed E-state index contributed by atoms with van der Waals surface area (Å²) in [5.41, 5.74) is 10.6. The zero-order valence-electron chi connectivity index (χ0n) is 21.4. The Labute approximate surface area is 229 Å². The van der Waals surface area contributed by atoms with Gasteiger partial charge in [0, 0.05) is 17.8 Å². The van der Waals surface area contributed by atoms with Crippen molar-refractivity contribution in [3.8, 4) is 0 Å². The molecule has 1 aromatic heterocycles. The summed E-state index contributed by atoms with van der Waals surface area (Å²) in [6, 6.07) is 13.8. The summed E-state index contributed by atoms with van der Waals surface area (Å²) < 4.78 is 18.9. The van der Waals surface area contributed by atoms with Crippen LogP contribution in [0.3, 0.4) is 0 Å². The fourth-order valence-corrected chi connectivity index (χ4v) is 4.26. The predicted octanol–water partition coefficient (Wildman–Crippen LogP) is 5.66. The number of benzene rings is 2. The van der Waals surface area contributed by atoms with Crippen LogP contribution in [0.5, 0.6) is 0 Å². The van der Waals surface area contributed by atoms with Gasteiger partial charge in [0.15, 0.2) is 0 Å². The number of nitrogens with two attached hydrogens (primary N) is 1. The molecule has 1 unspecified atom stereocenters. The van der Waals surface area contributed by atoms with Gasteiger partial charge < -0.3 is 20.7 Å². The van der Waals surface area contributed by atoms with E-state index in [4.69, 9.17) is 15.5 Å². The van der Waals surface area contributed by atoms with Gasteiger partial charge in [-0.2, -0.15) is 4.98 Å². The molecular formula is C27H34Cl2FN5O2. The van der Waals surface area contributed by atoms with Gasteiger partial charge in [-0.05, 0) is 61.6 Å². The third-order valence-electron chi connectivity index (χ3n) is 6.53. The van der Waals surface area contributed by atoms with Crippen molar-refractivity contribution in [2.75, 3.05) is 16.8 Å². The Hall–Kier alpha value is -2.94. The average molecular weight is 551 g/mol. The van der Waals surface area contributed by atoms with Crippen LogP contribution >= 0.6 is 24.8 Å². The first-order chi connectivity index (χ1) is 16.7. The maximum Gasteiger partial charge on any atom is 0.323 e. The van der Waals surface area contributed by atoms with E-state index in [-0.39, 0.29) is 49.2 Å². The van der Waals surface area contributed by atoms with E-state index < -0.39 is 12.0 Å². The number of nitrogens with zero attached hydrogens (tertiary/aromatic N) is 3. The molecule has 4 rings (SSSR count). The number of aromatic nitrogens is 2. The lowest BCUT2D eigenvalue weighted by Gasteiger charge is -2.37. The first-order valence-corrected chi connectivity index (χ1v) is 11.9. The van der Waals surface area contributed by atoms with Crippen LogP contribution in [-0.4, -0.2) is 28.5 Å². The van der Waals surface area contributed by atoms with E-state index in [0.29, 0.717) is 17.3 Å². The number of carbonyl (C=O) groups excluding carboxylic acids is 1. The number of rotatable bonds is 7. The van der Waals surface area contributed by atoms with Gasteiger partial charge in [0.25, 0.3) is 0 Å². The minimum atomic E-state index is -0.702. The van der Waals surface area contributed by atoms with E-state index in [1.165, 1.54) is 23.3 Å². The molecule has 0 saturated carbocycles. The van der Waals surface area contributed by atoms with Crippen molar-refractivity contribution in [2.24, 2.45) is 11.7 Å². The Morgan fingerprint density at radius 2 is 1.84 bits per heavy atom. The summed E-state index contributed by atoms with van der Waals surface area (Å²) in [6.45, 7) is 8.63. The van der Waals surface area contributed by atoms with Crippen molar-refractivity contribution >= 4 is 48.2 Å². The van der Waals surface area contributed by atoms with Gasteiger partial charge in [0.1, 0.15) is 24.3 Å². The van der Waals surface area contributed by atoms with Crippen LogP contribution in [0.2, 0.25) is 0 Å². The van der Waals surface area contributed by atoms with Gasteiger partial charge in [-0.3, -0.25) is 4.79 Å². The fourth-order valence-electron chi connectivity index (χ4n) is 4.26. The Morgan fingerprint density at radius 1 is 1.16 bits per heavy atom.